The van der Waals surface area contributed by atoms with Crippen LogP contribution in [-0.4, -0.2) is 12.6 Å². The van der Waals surface area contributed by atoms with Gasteiger partial charge in [-0.1, -0.05) is 60.3 Å². The fourth-order valence-corrected chi connectivity index (χ4v) is 2.54. The Balaban J connectivity index is 4.22. The second-order valence-corrected chi connectivity index (χ2v) is 4.66. The molecule has 0 heterocycles. The Morgan fingerprint density at radius 3 is 1.67 bits per heavy atom. The van der Waals surface area contributed by atoms with Gasteiger partial charge >= 0.3 is 0 Å². The van der Waals surface area contributed by atoms with Crippen LogP contribution in [0.5, 0.6) is 0 Å². The van der Waals surface area contributed by atoms with Gasteiger partial charge in [0.2, 0.25) is 0 Å². The summed E-state index contributed by atoms with van der Waals surface area (Å²) in [6.07, 6.45) is 6.66. The molecule has 92 valence electrons. The Bertz CT molecular complexity index is 125. The molecule has 0 aliphatic carbocycles. The van der Waals surface area contributed by atoms with Crippen molar-refractivity contribution in [3.63, 3.8) is 0 Å². The molecule has 15 heavy (non-hydrogen) atoms. The van der Waals surface area contributed by atoms with E-state index in [1.165, 1.54) is 32.1 Å². The van der Waals surface area contributed by atoms with Gasteiger partial charge in [-0.25, -0.2) is 0 Å². The average Bonchev–Trinajstić information content (AvgIpc) is 2.27. The van der Waals surface area contributed by atoms with E-state index in [2.05, 4.69) is 39.9 Å². The van der Waals surface area contributed by atoms with E-state index in [9.17, 15) is 0 Å². The molecular formula is C14H31N. The Hall–Kier alpha value is -0.0400. The molecule has 0 aliphatic heterocycles. The van der Waals surface area contributed by atoms with Crippen molar-refractivity contribution in [3.8, 4) is 0 Å². The fourth-order valence-electron chi connectivity index (χ4n) is 2.54. The number of rotatable bonds is 9. The van der Waals surface area contributed by atoms with Crippen molar-refractivity contribution in [2.24, 2.45) is 11.8 Å². The molecule has 0 bridgehead atoms. The quantitative estimate of drug-likeness (QED) is 0.604. The van der Waals surface area contributed by atoms with Gasteiger partial charge in [0, 0.05) is 6.04 Å². The molecule has 0 radical (unpaired) electrons. The summed E-state index contributed by atoms with van der Waals surface area (Å²) >= 11 is 0. The highest BCUT2D eigenvalue weighted by molar-refractivity contribution is 4.77. The molecule has 0 rings (SSSR count). The van der Waals surface area contributed by atoms with Crippen molar-refractivity contribution >= 4 is 0 Å². The summed E-state index contributed by atoms with van der Waals surface area (Å²) in [5.74, 6) is 1.78. The van der Waals surface area contributed by atoms with E-state index in [4.69, 9.17) is 0 Å². The first-order valence-electron chi connectivity index (χ1n) is 6.96. The summed E-state index contributed by atoms with van der Waals surface area (Å²) in [4.78, 5) is 0. The molecule has 0 amide bonds. The lowest BCUT2D eigenvalue weighted by molar-refractivity contribution is 0.273. The lowest BCUT2D eigenvalue weighted by atomic mass is 9.85. The zero-order valence-corrected chi connectivity index (χ0v) is 11.5. The maximum Gasteiger partial charge on any atom is 0.00976 e. The summed E-state index contributed by atoms with van der Waals surface area (Å²) in [5, 5.41) is 3.68. The van der Waals surface area contributed by atoms with Crippen LogP contribution < -0.4 is 5.32 Å². The minimum atomic E-state index is 0.745. The third kappa shape index (κ3) is 5.55. The van der Waals surface area contributed by atoms with Crippen molar-refractivity contribution in [2.45, 2.75) is 72.8 Å². The monoisotopic (exact) mass is 213 g/mol. The van der Waals surface area contributed by atoms with Gasteiger partial charge in [0.1, 0.15) is 0 Å². The Morgan fingerprint density at radius 2 is 1.33 bits per heavy atom. The summed E-state index contributed by atoms with van der Waals surface area (Å²) < 4.78 is 0. The second-order valence-electron chi connectivity index (χ2n) is 4.66. The second kappa shape index (κ2) is 9.21. The molecule has 0 aromatic carbocycles. The van der Waals surface area contributed by atoms with Gasteiger partial charge in [-0.15, -0.1) is 0 Å². The number of hydrogen-bond acceptors (Lipinski definition) is 1. The van der Waals surface area contributed by atoms with Gasteiger partial charge in [0.05, 0.1) is 0 Å². The van der Waals surface area contributed by atoms with Crippen LogP contribution in [-0.2, 0) is 0 Å². The molecule has 0 saturated carbocycles. The minimum absolute atomic E-state index is 0.745. The largest absolute Gasteiger partial charge is 0.314 e. The fraction of sp³-hybridized carbons (Fsp3) is 1.00. The molecule has 0 aromatic rings. The molecule has 1 atom stereocenters. The highest BCUT2D eigenvalue weighted by Crippen LogP contribution is 2.23. The van der Waals surface area contributed by atoms with E-state index in [1.807, 2.05) is 0 Å². The first kappa shape index (κ1) is 15.0. The zero-order chi connectivity index (χ0) is 11.7. The van der Waals surface area contributed by atoms with Crippen LogP contribution in [0.2, 0.25) is 0 Å². The van der Waals surface area contributed by atoms with Gasteiger partial charge < -0.3 is 5.32 Å². The molecule has 1 N–H and O–H groups in total. The molecule has 1 nitrogen and oxygen atoms in total. The first-order chi connectivity index (χ1) is 7.23. The van der Waals surface area contributed by atoms with Gasteiger partial charge in [0.25, 0.3) is 0 Å². The van der Waals surface area contributed by atoms with Crippen molar-refractivity contribution in [1.82, 2.24) is 5.32 Å². The van der Waals surface area contributed by atoms with Gasteiger partial charge in [0.15, 0.2) is 0 Å². The smallest absolute Gasteiger partial charge is 0.00976 e. The number of hydrogen-bond donors (Lipinski definition) is 1. The van der Waals surface area contributed by atoms with Crippen molar-refractivity contribution in [3.05, 3.63) is 0 Å². The van der Waals surface area contributed by atoms with E-state index in [1.54, 1.807) is 0 Å². The lowest BCUT2D eigenvalue weighted by Crippen LogP contribution is -2.37. The van der Waals surface area contributed by atoms with Gasteiger partial charge in [-0.3, -0.25) is 0 Å². The van der Waals surface area contributed by atoms with Crippen LogP contribution in [0.4, 0.5) is 0 Å². The van der Waals surface area contributed by atoms with Crippen LogP contribution >= 0.6 is 0 Å². The van der Waals surface area contributed by atoms with E-state index < -0.39 is 0 Å². The molecule has 0 aliphatic rings. The summed E-state index contributed by atoms with van der Waals surface area (Å²) in [5.41, 5.74) is 0. The predicted molar refractivity (Wildman–Crippen MR) is 70.2 cm³/mol. The topological polar surface area (TPSA) is 12.0 Å². The van der Waals surface area contributed by atoms with Crippen molar-refractivity contribution in [2.75, 3.05) is 6.54 Å². The minimum Gasteiger partial charge on any atom is -0.314 e. The standard InChI is InChI=1S/C14H31N/c1-6-12(7-2)11-14(15-10-5)13(8-3)9-4/h12-15H,6-11H2,1-5H3. The zero-order valence-electron chi connectivity index (χ0n) is 11.5. The van der Waals surface area contributed by atoms with E-state index in [-0.39, 0.29) is 0 Å². The third-order valence-electron chi connectivity index (χ3n) is 3.83. The van der Waals surface area contributed by atoms with E-state index in [0.717, 1.165) is 24.4 Å². The normalized spacial score (nSPS) is 13.8. The third-order valence-corrected chi connectivity index (χ3v) is 3.83. The molecule has 1 heteroatoms. The maximum atomic E-state index is 3.68. The summed E-state index contributed by atoms with van der Waals surface area (Å²) in [6, 6.07) is 0.745. The van der Waals surface area contributed by atoms with E-state index in [0.29, 0.717) is 0 Å². The molecular weight excluding hydrogens is 182 g/mol. The van der Waals surface area contributed by atoms with Crippen LogP contribution in [0.15, 0.2) is 0 Å². The van der Waals surface area contributed by atoms with Crippen molar-refractivity contribution < 1.29 is 0 Å². The molecule has 0 spiro atoms. The van der Waals surface area contributed by atoms with Crippen LogP contribution in [0.1, 0.15) is 66.7 Å². The first-order valence-corrected chi connectivity index (χ1v) is 6.96. The van der Waals surface area contributed by atoms with Crippen LogP contribution in [0, 0.1) is 11.8 Å². The van der Waals surface area contributed by atoms with Gasteiger partial charge in [-0.2, -0.15) is 0 Å². The summed E-state index contributed by atoms with van der Waals surface area (Å²) in [6.45, 7) is 12.6. The Morgan fingerprint density at radius 1 is 0.800 bits per heavy atom. The van der Waals surface area contributed by atoms with E-state index >= 15 is 0 Å². The SMILES string of the molecule is CCNC(CC(CC)CC)C(CC)CC. The van der Waals surface area contributed by atoms with Crippen LogP contribution in [0.3, 0.4) is 0 Å². The Labute approximate surface area is 97.0 Å². The lowest BCUT2D eigenvalue weighted by Gasteiger charge is -2.29. The van der Waals surface area contributed by atoms with Crippen molar-refractivity contribution in [1.29, 1.82) is 0 Å². The predicted octanol–water partition coefficient (Wildman–Crippen LogP) is 4.23. The molecule has 0 saturated heterocycles. The Kier molecular flexibility index (Phi) is 9.18. The van der Waals surface area contributed by atoms with Gasteiger partial charge in [-0.05, 0) is 24.8 Å². The molecule has 0 aromatic heterocycles. The number of nitrogens with one attached hydrogen (secondary N) is 1. The maximum absolute atomic E-state index is 3.68. The van der Waals surface area contributed by atoms with Crippen LogP contribution in [0.25, 0.3) is 0 Å². The highest BCUT2D eigenvalue weighted by Gasteiger charge is 2.20. The molecule has 0 fully saturated rings. The molecule has 1 unspecified atom stereocenters. The average molecular weight is 213 g/mol. The summed E-state index contributed by atoms with van der Waals surface area (Å²) in [7, 11) is 0. The highest BCUT2D eigenvalue weighted by atomic mass is 14.9.